The Hall–Kier alpha value is -0.610. The Bertz CT molecular complexity index is 99.2. The molecule has 0 aromatic carbocycles. The van der Waals surface area contributed by atoms with Crippen LogP contribution in [0, 0.1) is 0 Å². The van der Waals surface area contributed by atoms with E-state index in [1.807, 2.05) is 0 Å². The Morgan fingerprint density at radius 1 is 1.60 bits per heavy atom. The summed E-state index contributed by atoms with van der Waals surface area (Å²) in [6.45, 7) is 0.858. The normalized spacial score (nSPS) is 23.2. The molecule has 0 radical (unpaired) electrons. The van der Waals surface area contributed by atoms with Gasteiger partial charge in [0.05, 0.1) is 0 Å². The predicted octanol–water partition coefficient (Wildman–Crippen LogP) is -0.569. The van der Waals surface area contributed by atoms with Gasteiger partial charge in [-0.1, -0.05) is 0 Å². The zero-order valence-corrected chi connectivity index (χ0v) is 6.00. The Morgan fingerprint density at radius 2 is 2.20 bits per heavy atom. The number of carboxylic acid groups (broad SMARTS) is 1. The summed E-state index contributed by atoms with van der Waals surface area (Å²) >= 11 is 0. The fourth-order valence-corrected chi connectivity index (χ4v) is 0.895. The van der Waals surface area contributed by atoms with E-state index < -0.39 is 5.97 Å². The first-order valence-electron chi connectivity index (χ1n) is 3.21. The van der Waals surface area contributed by atoms with E-state index in [0.717, 1.165) is 26.5 Å². The van der Waals surface area contributed by atoms with Gasteiger partial charge >= 0.3 is 5.97 Å². The first-order valence-corrected chi connectivity index (χ1v) is 3.21. The third-order valence-electron chi connectivity index (χ3n) is 1.36. The van der Waals surface area contributed by atoms with Gasteiger partial charge in [-0.2, -0.15) is 0 Å². The van der Waals surface area contributed by atoms with E-state index in [2.05, 4.69) is 5.32 Å². The van der Waals surface area contributed by atoms with Gasteiger partial charge in [-0.25, -0.2) is 0 Å². The van der Waals surface area contributed by atoms with Crippen LogP contribution in [-0.4, -0.2) is 35.9 Å². The Balaban J connectivity index is 0.000000371. The average molecular weight is 147 g/mol. The van der Waals surface area contributed by atoms with Crippen molar-refractivity contribution in [3.8, 4) is 0 Å². The van der Waals surface area contributed by atoms with Gasteiger partial charge in [-0.05, 0) is 19.4 Å². The zero-order valence-electron chi connectivity index (χ0n) is 6.00. The van der Waals surface area contributed by atoms with Crippen molar-refractivity contribution in [3.63, 3.8) is 0 Å². The molecular weight excluding hydrogens is 134 g/mol. The maximum Gasteiger partial charge on any atom is 0.320 e. The lowest BCUT2D eigenvalue weighted by atomic mass is 10.2. The molecule has 1 aliphatic heterocycles. The molecule has 1 rings (SSSR count). The van der Waals surface area contributed by atoms with E-state index >= 15 is 0 Å². The van der Waals surface area contributed by atoms with Crippen LogP contribution >= 0.6 is 0 Å². The highest BCUT2D eigenvalue weighted by molar-refractivity contribution is 5.73. The summed E-state index contributed by atoms with van der Waals surface area (Å²) in [4.78, 5) is 10.1. The van der Waals surface area contributed by atoms with Crippen LogP contribution in [-0.2, 0) is 4.79 Å². The van der Waals surface area contributed by atoms with Crippen molar-refractivity contribution in [1.29, 1.82) is 0 Å². The molecular formula is C6H13NO3. The molecule has 0 aliphatic carbocycles. The molecule has 1 heterocycles. The molecule has 0 saturated carbocycles. The lowest BCUT2D eigenvalue weighted by Crippen LogP contribution is -2.29. The summed E-state index contributed by atoms with van der Waals surface area (Å²) < 4.78 is 0. The number of aliphatic hydroxyl groups is 1. The van der Waals surface area contributed by atoms with E-state index in [9.17, 15) is 4.79 Å². The minimum absolute atomic E-state index is 0.269. The zero-order chi connectivity index (χ0) is 7.98. The highest BCUT2D eigenvalue weighted by atomic mass is 16.4. The van der Waals surface area contributed by atoms with Crippen LogP contribution in [0.1, 0.15) is 12.8 Å². The Morgan fingerprint density at radius 3 is 2.40 bits per heavy atom. The maximum absolute atomic E-state index is 10.1. The molecule has 1 fully saturated rings. The number of rotatable bonds is 1. The summed E-state index contributed by atoms with van der Waals surface area (Å²) in [7, 11) is 1.00. The van der Waals surface area contributed by atoms with Gasteiger partial charge in [0.1, 0.15) is 6.04 Å². The quantitative estimate of drug-likeness (QED) is 0.464. The fourth-order valence-electron chi connectivity index (χ4n) is 0.895. The monoisotopic (exact) mass is 147 g/mol. The maximum atomic E-state index is 10.1. The molecule has 3 N–H and O–H groups in total. The molecule has 0 spiro atoms. The van der Waals surface area contributed by atoms with Crippen molar-refractivity contribution >= 4 is 5.97 Å². The SMILES string of the molecule is CO.O=C(O)[C@@H]1CCCN1. The van der Waals surface area contributed by atoms with Crippen LogP contribution in [0.4, 0.5) is 0 Å². The largest absolute Gasteiger partial charge is 0.480 e. The number of carboxylic acids is 1. The first-order chi connectivity index (χ1) is 4.80. The highest BCUT2D eigenvalue weighted by Gasteiger charge is 2.20. The van der Waals surface area contributed by atoms with Gasteiger partial charge in [0.2, 0.25) is 0 Å². The number of hydrogen-bond donors (Lipinski definition) is 3. The van der Waals surface area contributed by atoms with Crippen LogP contribution in [0.3, 0.4) is 0 Å². The van der Waals surface area contributed by atoms with E-state index in [-0.39, 0.29) is 6.04 Å². The molecule has 0 aromatic rings. The summed E-state index contributed by atoms with van der Waals surface area (Å²) in [5, 5.41) is 18.2. The standard InChI is InChI=1S/C5H9NO2.CH4O/c7-5(8)4-2-1-3-6-4;1-2/h4,6H,1-3H2,(H,7,8);2H,1H3/t4-;/m0./s1. The van der Waals surface area contributed by atoms with Crippen molar-refractivity contribution in [2.45, 2.75) is 18.9 Å². The molecule has 0 bridgehead atoms. The van der Waals surface area contributed by atoms with Gasteiger partial charge in [0.25, 0.3) is 0 Å². The predicted molar refractivity (Wildman–Crippen MR) is 36.8 cm³/mol. The summed E-state index contributed by atoms with van der Waals surface area (Å²) in [6, 6.07) is -0.269. The molecule has 0 unspecified atom stereocenters. The number of carbonyl (C=O) groups is 1. The van der Waals surface area contributed by atoms with E-state index in [1.165, 1.54) is 0 Å². The molecule has 10 heavy (non-hydrogen) atoms. The summed E-state index contributed by atoms with van der Waals surface area (Å²) in [5.41, 5.74) is 0. The second-order valence-corrected chi connectivity index (χ2v) is 1.99. The molecule has 4 nitrogen and oxygen atoms in total. The van der Waals surface area contributed by atoms with Gasteiger partial charge in [0.15, 0.2) is 0 Å². The van der Waals surface area contributed by atoms with Crippen LogP contribution in [0.15, 0.2) is 0 Å². The van der Waals surface area contributed by atoms with Crippen molar-refractivity contribution in [2.24, 2.45) is 0 Å². The lowest BCUT2D eigenvalue weighted by molar-refractivity contribution is -0.139. The number of hydrogen-bond acceptors (Lipinski definition) is 3. The molecule has 4 heteroatoms. The third kappa shape index (κ3) is 2.80. The topological polar surface area (TPSA) is 69.6 Å². The van der Waals surface area contributed by atoms with Crippen molar-refractivity contribution in [2.75, 3.05) is 13.7 Å². The van der Waals surface area contributed by atoms with Crippen LogP contribution < -0.4 is 5.32 Å². The highest BCUT2D eigenvalue weighted by Crippen LogP contribution is 2.03. The van der Waals surface area contributed by atoms with Gasteiger partial charge in [0, 0.05) is 7.11 Å². The van der Waals surface area contributed by atoms with E-state index in [4.69, 9.17) is 10.2 Å². The van der Waals surface area contributed by atoms with Crippen molar-refractivity contribution in [1.82, 2.24) is 5.32 Å². The van der Waals surface area contributed by atoms with Gasteiger partial charge in [-0.15, -0.1) is 0 Å². The van der Waals surface area contributed by atoms with Crippen LogP contribution in [0.25, 0.3) is 0 Å². The molecule has 1 saturated heterocycles. The second kappa shape index (κ2) is 5.20. The number of nitrogens with one attached hydrogen (secondary N) is 1. The Kier molecular flexibility index (Phi) is 4.88. The van der Waals surface area contributed by atoms with E-state index in [0.29, 0.717) is 0 Å². The van der Waals surface area contributed by atoms with E-state index in [1.54, 1.807) is 0 Å². The Labute approximate surface area is 59.9 Å². The second-order valence-electron chi connectivity index (χ2n) is 1.99. The minimum atomic E-state index is -0.720. The lowest BCUT2D eigenvalue weighted by Gasteiger charge is -1.99. The fraction of sp³-hybridized carbons (Fsp3) is 0.833. The molecule has 60 valence electrons. The average Bonchev–Trinajstić information content (AvgIpc) is 2.42. The van der Waals surface area contributed by atoms with Gasteiger partial charge in [-0.3, -0.25) is 4.79 Å². The summed E-state index contributed by atoms with van der Waals surface area (Å²) in [5.74, 6) is -0.720. The summed E-state index contributed by atoms with van der Waals surface area (Å²) in [6.07, 6.45) is 1.78. The number of aliphatic carboxylic acids is 1. The van der Waals surface area contributed by atoms with Crippen molar-refractivity contribution in [3.05, 3.63) is 0 Å². The first kappa shape index (κ1) is 9.39. The van der Waals surface area contributed by atoms with Crippen LogP contribution in [0.2, 0.25) is 0 Å². The van der Waals surface area contributed by atoms with Gasteiger partial charge < -0.3 is 15.5 Å². The minimum Gasteiger partial charge on any atom is -0.480 e. The van der Waals surface area contributed by atoms with Crippen LogP contribution in [0.5, 0.6) is 0 Å². The molecule has 1 aliphatic rings. The molecule has 0 amide bonds. The molecule has 1 atom stereocenters. The number of aliphatic hydroxyl groups excluding tert-OH is 1. The smallest absolute Gasteiger partial charge is 0.320 e. The molecule has 0 aromatic heterocycles. The van der Waals surface area contributed by atoms with Crippen molar-refractivity contribution < 1.29 is 15.0 Å². The third-order valence-corrected chi connectivity index (χ3v) is 1.36.